The maximum atomic E-state index is 12.8. The summed E-state index contributed by atoms with van der Waals surface area (Å²) in [6.07, 6.45) is 0. The SMILES string of the molecule is O=C1OC(=O)c2cc(-c3ccc4c(c3)C(=O)N(c3nc(=O)[nH]c(=O)[nH]3)C4=O)ccc21. The number of nitrogens with zero attached hydrogens (tertiary/aromatic N) is 2. The molecule has 2 aliphatic heterocycles. The summed E-state index contributed by atoms with van der Waals surface area (Å²) in [5, 5.41) is 0. The van der Waals surface area contributed by atoms with Crippen molar-refractivity contribution in [2.75, 3.05) is 4.90 Å². The number of ether oxygens (including phenoxy) is 1. The van der Waals surface area contributed by atoms with Crippen LogP contribution in [0, 0.1) is 0 Å². The van der Waals surface area contributed by atoms with E-state index in [-0.39, 0.29) is 22.3 Å². The number of carbonyl (C=O) groups is 4. The number of amides is 2. The largest absolute Gasteiger partial charge is 0.386 e. The van der Waals surface area contributed by atoms with Crippen LogP contribution in [0.5, 0.6) is 0 Å². The Bertz CT molecular complexity index is 1420. The molecule has 30 heavy (non-hydrogen) atoms. The molecule has 0 unspecified atom stereocenters. The molecule has 0 aliphatic carbocycles. The average molecular weight is 404 g/mol. The van der Waals surface area contributed by atoms with E-state index in [2.05, 4.69) is 14.7 Å². The third kappa shape index (κ3) is 2.42. The van der Waals surface area contributed by atoms with Gasteiger partial charge in [0, 0.05) is 0 Å². The maximum absolute atomic E-state index is 12.8. The smallest absolute Gasteiger partial charge is 0.352 e. The molecule has 2 aromatic carbocycles. The lowest BCUT2D eigenvalue weighted by molar-refractivity contribution is 0.0443. The number of H-pyrrole nitrogens is 2. The second kappa shape index (κ2) is 5.91. The molecule has 0 spiro atoms. The normalized spacial score (nSPS) is 14.7. The van der Waals surface area contributed by atoms with Gasteiger partial charge < -0.3 is 4.74 Å². The zero-order chi connectivity index (χ0) is 21.2. The first-order chi connectivity index (χ1) is 14.3. The second-order valence-corrected chi connectivity index (χ2v) is 6.46. The first-order valence-corrected chi connectivity index (χ1v) is 8.48. The number of esters is 2. The molecule has 3 heterocycles. The van der Waals surface area contributed by atoms with Crippen molar-refractivity contribution in [3.8, 4) is 11.1 Å². The van der Waals surface area contributed by atoms with E-state index < -0.39 is 41.1 Å². The molecule has 2 amide bonds. The van der Waals surface area contributed by atoms with E-state index in [1.165, 1.54) is 24.3 Å². The van der Waals surface area contributed by atoms with Crippen LogP contribution in [-0.2, 0) is 4.74 Å². The van der Waals surface area contributed by atoms with Gasteiger partial charge in [-0.05, 0) is 35.4 Å². The van der Waals surface area contributed by atoms with Gasteiger partial charge in [-0.2, -0.15) is 4.98 Å². The highest BCUT2D eigenvalue weighted by Crippen LogP contribution is 2.32. The van der Waals surface area contributed by atoms with E-state index in [9.17, 15) is 28.8 Å². The number of nitrogens with one attached hydrogen (secondary N) is 2. The Morgan fingerprint density at radius 2 is 1.30 bits per heavy atom. The number of benzene rings is 2. The lowest BCUT2D eigenvalue weighted by Crippen LogP contribution is -2.36. The third-order valence-corrected chi connectivity index (χ3v) is 4.73. The van der Waals surface area contributed by atoms with E-state index in [0.29, 0.717) is 16.0 Å². The Hall–Kier alpha value is -4.67. The Labute approximate surface area is 164 Å². The number of anilines is 1. The fraction of sp³-hybridized carbons (Fsp3) is 0. The molecule has 5 rings (SSSR count). The molecule has 0 atom stereocenters. The minimum atomic E-state index is -1.01. The fourth-order valence-electron chi connectivity index (χ4n) is 3.37. The maximum Gasteiger partial charge on any atom is 0.352 e. The van der Waals surface area contributed by atoms with Crippen molar-refractivity contribution < 1.29 is 23.9 Å². The molecule has 2 aliphatic rings. The van der Waals surface area contributed by atoms with Crippen LogP contribution in [0.2, 0.25) is 0 Å². The first-order valence-electron chi connectivity index (χ1n) is 8.48. The van der Waals surface area contributed by atoms with Gasteiger partial charge in [0.25, 0.3) is 11.8 Å². The van der Waals surface area contributed by atoms with E-state index >= 15 is 0 Å². The standard InChI is InChI=1S/C19H8N4O7/c24-13-9-3-1-7(8-2-4-10-12(6-8)16(27)30-15(10)26)5-11(9)14(25)23(13)17-20-18(28)22-19(29)21-17/h1-6H,(H2,20,21,22,28,29). The lowest BCUT2D eigenvalue weighted by Gasteiger charge is -2.10. The van der Waals surface area contributed by atoms with Crippen molar-refractivity contribution in [1.29, 1.82) is 0 Å². The molecule has 0 fully saturated rings. The van der Waals surface area contributed by atoms with Crippen LogP contribution < -0.4 is 16.3 Å². The number of aromatic amines is 2. The van der Waals surface area contributed by atoms with Crippen molar-refractivity contribution in [3.05, 3.63) is 79.6 Å². The predicted molar refractivity (Wildman–Crippen MR) is 98.2 cm³/mol. The Kier molecular flexibility index (Phi) is 3.43. The van der Waals surface area contributed by atoms with Crippen molar-refractivity contribution in [2.45, 2.75) is 0 Å². The zero-order valence-electron chi connectivity index (χ0n) is 14.7. The van der Waals surface area contributed by atoms with Gasteiger partial charge in [-0.1, -0.05) is 12.1 Å². The Balaban J connectivity index is 1.58. The summed E-state index contributed by atoms with van der Waals surface area (Å²) in [6.45, 7) is 0. The highest BCUT2D eigenvalue weighted by molar-refractivity contribution is 6.34. The lowest BCUT2D eigenvalue weighted by atomic mass is 9.97. The molecule has 0 saturated heterocycles. The highest BCUT2D eigenvalue weighted by Gasteiger charge is 2.38. The molecular weight excluding hydrogens is 396 g/mol. The van der Waals surface area contributed by atoms with Crippen molar-refractivity contribution >= 4 is 29.7 Å². The van der Waals surface area contributed by atoms with E-state index in [1.54, 1.807) is 12.1 Å². The number of hydrogen-bond acceptors (Lipinski definition) is 8. The van der Waals surface area contributed by atoms with Crippen LogP contribution in [0.25, 0.3) is 11.1 Å². The fourth-order valence-corrected chi connectivity index (χ4v) is 3.37. The highest BCUT2D eigenvalue weighted by atomic mass is 16.6. The molecule has 0 bridgehead atoms. The van der Waals surface area contributed by atoms with Crippen LogP contribution in [0.3, 0.4) is 0 Å². The summed E-state index contributed by atoms with van der Waals surface area (Å²) in [5.74, 6) is -3.51. The van der Waals surface area contributed by atoms with Gasteiger partial charge in [0.15, 0.2) is 0 Å². The third-order valence-electron chi connectivity index (χ3n) is 4.73. The summed E-state index contributed by atoms with van der Waals surface area (Å²) in [7, 11) is 0. The van der Waals surface area contributed by atoms with Gasteiger partial charge >= 0.3 is 23.3 Å². The molecule has 11 heteroatoms. The molecular formula is C19H8N4O7. The number of imide groups is 1. The summed E-state index contributed by atoms with van der Waals surface area (Å²) in [4.78, 5) is 79.8. The summed E-state index contributed by atoms with van der Waals surface area (Å²) < 4.78 is 4.56. The quantitative estimate of drug-likeness (QED) is 0.349. The van der Waals surface area contributed by atoms with Crippen molar-refractivity contribution in [3.63, 3.8) is 0 Å². The Morgan fingerprint density at radius 3 is 2.00 bits per heavy atom. The second-order valence-electron chi connectivity index (χ2n) is 6.46. The van der Waals surface area contributed by atoms with Crippen molar-refractivity contribution in [1.82, 2.24) is 15.0 Å². The van der Waals surface area contributed by atoms with Gasteiger partial charge in [0.1, 0.15) is 0 Å². The number of carbonyl (C=O) groups excluding carboxylic acids is 4. The van der Waals surface area contributed by atoms with Crippen LogP contribution in [-0.4, -0.2) is 38.7 Å². The average Bonchev–Trinajstić information content (AvgIpc) is 3.13. The first kappa shape index (κ1) is 17.4. The number of fused-ring (bicyclic) bond motifs is 2. The van der Waals surface area contributed by atoms with Gasteiger partial charge in [-0.15, -0.1) is 0 Å². The Morgan fingerprint density at radius 1 is 0.700 bits per heavy atom. The van der Waals surface area contributed by atoms with Gasteiger partial charge in [0.05, 0.1) is 22.3 Å². The molecule has 146 valence electrons. The van der Waals surface area contributed by atoms with Gasteiger partial charge in [0.2, 0.25) is 5.95 Å². The van der Waals surface area contributed by atoms with E-state index in [1.807, 2.05) is 4.98 Å². The summed E-state index contributed by atoms with van der Waals surface area (Å²) in [6, 6.07) is 8.88. The van der Waals surface area contributed by atoms with Gasteiger partial charge in [-0.25, -0.2) is 24.1 Å². The van der Waals surface area contributed by atoms with Crippen LogP contribution in [0.4, 0.5) is 5.95 Å². The summed E-state index contributed by atoms with van der Waals surface area (Å²) >= 11 is 0. The zero-order valence-corrected chi connectivity index (χ0v) is 14.7. The van der Waals surface area contributed by atoms with Crippen LogP contribution in [0.15, 0.2) is 46.0 Å². The molecule has 3 aromatic rings. The number of aromatic nitrogens is 3. The van der Waals surface area contributed by atoms with E-state index in [0.717, 1.165) is 0 Å². The summed E-state index contributed by atoms with van der Waals surface area (Å²) in [5.41, 5.74) is -0.572. The van der Waals surface area contributed by atoms with E-state index in [4.69, 9.17) is 0 Å². The minimum absolute atomic E-state index is 0.0274. The minimum Gasteiger partial charge on any atom is -0.386 e. The topological polar surface area (TPSA) is 159 Å². The molecule has 2 N–H and O–H groups in total. The number of cyclic esters (lactones) is 2. The molecule has 1 aromatic heterocycles. The molecule has 11 nitrogen and oxygen atoms in total. The van der Waals surface area contributed by atoms with Crippen molar-refractivity contribution in [2.24, 2.45) is 0 Å². The van der Waals surface area contributed by atoms with Crippen LogP contribution >= 0.6 is 0 Å². The molecule has 0 saturated carbocycles. The predicted octanol–water partition coefficient (Wildman–Crippen LogP) is 0.236. The number of rotatable bonds is 2. The molecule has 0 radical (unpaired) electrons. The number of hydrogen-bond donors (Lipinski definition) is 2. The van der Waals surface area contributed by atoms with Gasteiger partial charge in [-0.3, -0.25) is 19.6 Å². The van der Waals surface area contributed by atoms with Crippen LogP contribution in [0.1, 0.15) is 41.4 Å². The monoisotopic (exact) mass is 404 g/mol.